The topological polar surface area (TPSA) is 41.3 Å². The number of hydrogen-bond donors (Lipinski definition) is 1. The van der Waals surface area contributed by atoms with E-state index in [2.05, 4.69) is 5.10 Å². The van der Waals surface area contributed by atoms with Gasteiger partial charge in [-0.2, -0.15) is 18.3 Å². The Morgan fingerprint density at radius 1 is 1.11 bits per heavy atom. The second kappa shape index (κ2) is 10.9. The Labute approximate surface area is 200 Å². The molecule has 2 unspecified atom stereocenters. The zero-order chi connectivity index (χ0) is 25.6. The van der Waals surface area contributed by atoms with Crippen LogP contribution < -0.4 is 0 Å². The molecule has 0 aliphatic carbocycles. The Bertz CT molecular complexity index is 1210. The van der Waals surface area contributed by atoms with Gasteiger partial charge in [-0.15, -0.1) is 0 Å². The molecule has 9 heteroatoms. The van der Waals surface area contributed by atoms with Crippen LogP contribution in [0.3, 0.4) is 0 Å². The molecule has 0 amide bonds. The standard InChI is InChI=1S/C26H26F5N3O/c1-3-4-14-33(15-12-19(2)11-13-27)18-25(35,26(29,30)31)21-5-10-24-20(16-21)17-32-34(24)23-8-6-22(28)7-9-23/h3-13,15-17,19,35H,14,18H2,1-2H3/b4-3-,13-11+,15-12-. The van der Waals surface area contributed by atoms with Crippen LogP contribution in [0.1, 0.15) is 19.4 Å². The number of nitrogens with zero attached hydrogens (tertiary/aromatic N) is 3. The average Bonchev–Trinajstić information content (AvgIpc) is 3.24. The number of fused-ring (bicyclic) bond motifs is 1. The normalized spacial score (nSPS) is 15.4. The SMILES string of the molecule is C/C=C\CN(/C=C\C(C)/C=C/F)CC(O)(c1ccc2c(cnn2-c2ccc(F)cc2)c1)C(F)(F)F. The molecule has 2 atom stereocenters. The van der Waals surface area contributed by atoms with Crippen molar-refractivity contribution in [3.63, 3.8) is 0 Å². The zero-order valence-corrected chi connectivity index (χ0v) is 19.3. The van der Waals surface area contributed by atoms with Gasteiger partial charge in [0.05, 0.1) is 30.3 Å². The van der Waals surface area contributed by atoms with Crippen LogP contribution in [0.4, 0.5) is 22.0 Å². The maximum atomic E-state index is 14.3. The van der Waals surface area contributed by atoms with Gasteiger partial charge >= 0.3 is 6.18 Å². The number of rotatable bonds is 9. The van der Waals surface area contributed by atoms with Crippen LogP contribution in [0.5, 0.6) is 0 Å². The van der Waals surface area contributed by atoms with E-state index < -0.39 is 24.1 Å². The summed E-state index contributed by atoms with van der Waals surface area (Å²) in [6, 6.07) is 9.44. The zero-order valence-electron chi connectivity index (χ0n) is 19.3. The Morgan fingerprint density at radius 3 is 2.46 bits per heavy atom. The highest BCUT2D eigenvalue weighted by Gasteiger charge is 2.55. The van der Waals surface area contributed by atoms with Crippen molar-refractivity contribution in [1.82, 2.24) is 14.7 Å². The minimum absolute atomic E-state index is 0.113. The molecule has 0 saturated heterocycles. The van der Waals surface area contributed by atoms with E-state index in [1.165, 1.54) is 70.5 Å². The first kappa shape index (κ1) is 26.2. The van der Waals surface area contributed by atoms with Crippen LogP contribution >= 0.6 is 0 Å². The molecule has 1 heterocycles. The molecule has 0 aliphatic heterocycles. The van der Waals surface area contributed by atoms with Crippen molar-refractivity contribution < 1.29 is 27.1 Å². The summed E-state index contributed by atoms with van der Waals surface area (Å²) in [4.78, 5) is 1.32. The second-order valence-electron chi connectivity index (χ2n) is 8.18. The Hall–Kier alpha value is -3.46. The number of aliphatic hydroxyl groups is 1. The first-order chi connectivity index (χ1) is 16.6. The lowest BCUT2D eigenvalue weighted by atomic mass is 9.91. The van der Waals surface area contributed by atoms with Gasteiger partial charge in [-0.3, -0.25) is 0 Å². The summed E-state index contributed by atoms with van der Waals surface area (Å²) in [7, 11) is 0. The molecule has 0 saturated carbocycles. The lowest BCUT2D eigenvalue weighted by Crippen LogP contribution is -2.50. The van der Waals surface area contributed by atoms with E-state index in [0.717, 1.165) is 0 Å². The number of hydrogen-bond acceptors (Lipinski definition) is 3. The van der Waals surface area contributed by atoms with Crippen molar-refractivity contribution in [3.05, 3.63) is 96.9 Å². The maximum Gasteiger partial charge on any atom is 0.423 e. The molecule has 4 nitrogen and oxygen atoms in total. The number of benzene rings is 2. The molecule has 3 rings (SSSR count). The third-order valence-electron chi connectivity index (χ3n) is 5.57. The molecule has 2 aromatic carbocycles. The predicted molar refractivity (Wildman–Crippen MR) is 126 cm³/mol. The Kier molecular flexibility index (Phi) is 8.11. The third-order valence-corrected chi connectivity index (χ3v) is 5.57. The van der Waals surface area contributed by atoms with Crippen LogP contribution in [0.25, 0.3) is 16.6 Å². The van der Waals surface area contributed by atoms with Crippen LogP contribution in [-0.4, -0.2) is 39.1 Å². The molecule has 0 aliphatic rings. The van der Waals surface area contributed by atoms with E-state index in [1.54, 1.807) is 32.1 Å². The van der Waals surface area contributed by atoms with Crippen molar-refractivity contribution >= 4 is 10.9 Å². The highest BCUT2D eigenvalue weighted by atomic mass is 19.4. The summed E-state index contributed by atoms with van der Waals surface area (Å²) in [5.74, 6) is -0.768. The monoisotopic (exact) mass is 491 g/mol. The average molecular weight is 492 g/mol. The van der Waals surface area contributed by atoms with Crippen molar-refractivity contribution in [2.75, 3.05) is 13.1 Å². The molecule has 3 aromatic rings. The molecule has 0 fully saturated rings. The summed E-state index contributed by atoms with van der Waals surface area (Å²) in [5, 5.41) is 15.6. The molecule has 1 aromatic heterocycles. The number of halogens is 5. The third kappa shape index (κ3) is 5.97. The van der Waals surface area contributed by atoms with E-state index in [4.69, 9.17) is 0 Å². The van der Waals surface area contributed by atoms with E-state index in [1.807, 2.05) is 0 Å². The molecular formula is C26H26F5N3O. The van der Waals surface area contributed by atoms with Crippen LogP contribution in [0.2, 0.25) is 0 Å². The van der Waals surface area contributed by atoms with E-state index in [9.17, 15) is 27.1 Å². The molecule has 0 radical (unpaired) electrons. The van der Waals surface area contributed by atoms with Crippen molar-refractivity contribution in [2.24, 2.45) is 5.92 Å². The number of allylic oxidation sites excluding steroid dienone is 3. The smallest absolute Gasteiger partial charge is 0.375 e. The first-order valence-corrected chi connectivity index (χ1v) is 10.9. The summed E-state index contributed by atoms with van der Waals surface area (Å²) in [6.07, 6.45) is 4.35. The van der Waals surface area contributed by atoms with E-state index in [-0.39, 0.29) is 18.0 Å². The predicted octanol–water partition coefficient (Wildman–Crippen LogP) is 6.43. The van der Waals surface area contributed by atoms with Gasteiger partial charge in [0.15, 0.2) is 0 Å². The van der Waals surface area contributed by atoms with Crippen molar-refractivity contribution in [2.45, 2.75) is 25.6 Å². The van der Waals surface area contributed by atoms with Gasteiger partial charge in [-0.05, 0) is 67.1 Å². The van der Waals surface area contributed by atoms with Gasteiger partial charge in [0.25, 0.3) is 0 Å². The molecular weight excluding hydrogens is 465 g/mol. The van der Waals surface area contributed by atoms with Gasteiger partial charge in [-0.25, -0.2) is 13.5 Å². The van der Waals surface area contributed by atoms with Gasteiger partial charge in [0, 0.05) is 11.9 Å². The highest BCUT2D eigenvalue weighted by Crippen LogP contribution is 2.41. The van der Waals surface area contributed by atoms with Gasteiger partial charge in [-0.1, -0.05) is 31.2 Å². The van der Waals surface area contributed by atoms with Crippen molar-refractivity contribution in [1.29, 1.82) is 0 Å². The number of alkyl halides is 3. The van der Waals surface area contributed by atoms with Crippen LogP contribution in [0, 0.1) is 11.7 Å². The lowest BCUT2D eigenvalue weighted by molar-refractivity contribution is -0.269. The Morgan fingerprint density at radius 2 is 1.83 bits per heavy atom. The molecule has 35 heavy (non-hydrogen) atoms. The fraction of sp³-hybridized carbons (Fsp3) is 0.269. The van der Waals surface area contributed by atoms with Gasteiger partial charge < -0.3 is 10.0 Å². The first-order valence-electron chi connectivity index (χ1n) is 10.9. The summed E-state index contributed by atoms with van der Waals surface area (Å²) in [5.41, 5.74) is -2.49. The second-order valence-corrected chi connectivity index (χ2v) is 8.18. The fourth-order valence-electron chi connectivity index (χ4n) is 3.57. The van der Waals surface area contributed by atoms with Crippen molar-refractivity contribution in [3.8, 4) is 5.69 Å². The maximum absolute atomic E-state index is 14.3. The summed E-state index contributed by atoms with van der Waals surface area (Å²) in [6.45, 7) is 2.76. The minimum Gasteiger partial charge on any atom is -0.375 e. The minimum atomic E-state index is -4.99. The van der Waals surface area contributed by atoms with Gasteiger partial charge in [0.2, 0.25) is 5.60 Å². The quantitative estimate of drug-likeness (QED) is 0.277. The van der Waals surface area contributed by atoms with E-state index >= 15 is 0 Å². The lowest BCUT2D eigenvalue weighted by Gasteiger charge is -2.35. The summed E-state index contributed by atoms with van der Waals surface area (Å²) >= 11 is 0. The van der Waals surface area contributed by atoms with E-state index in [0.29, 0.717) is 22.9 Å². The molecule has 0 spiro atoms. The number of aromatic nitrogens is 2. The summed E-state index contributed by atoms with van der Waals surface area (Å²) < 4.78 is 70.0. The van der Waals surface area contributed by atoms with Crippen LogP contribution in [-0.2, 0) is 5.60 Å². The Balaban J connectivity index is 2.00. The highest BCUT2D eigenvalue weighted by molar-refractivity contribution is 5.81. The van der Waals surface area contributed by atoms with Crippen LogP contribution in [0.15, 0.2) is 85.5 Å². The largest absolute Gasteiger partial charge is 0.423 e. The van der Waals surface area contributed by atoms with Gasteiger partial charge in [0.1, 0.15) is 5.82 Å². The molecule has 186 valence electrons. The molecule has 0 bridgehead atoms. The fourth-order valence-corrected chi connectivity index (χ4v) is 3.57. The molecule has 1 N–H and O–H groups in total.